The van der Waals surface area contributed by atoms with Gasteiger partial charge in [-0.1, -0.05) is 371 Å². The van der Waals surface area contributed by atoms with Crippen molar-refractivity contribution < 1.29 is 39.8 Å². The van der Waals surface area contributed by atoms with Crippen molar-refractivity contribution in [2.75, 3.05) is 13.2 Å². The van der Waals surface area contributed by atoms with Crippen LogP contribution in [0.5, 0.6) is 0 Å². The summed E-state index contributed by atoms with van der Waals surface area (Å²) in [4.78, 5) is 13.2. The number of carbonyl (C=O) groups excluding carboxylic acids is 1. The molecule has 0 aromatic carbocycles. The first-order valence-corrected chi connectivity index (χ1v) is 38.9. The van der Waals surface area contributed by atoms with Crippen molar-refractivity contribution in [3.8, 4) is 0 Å². The van der Waals surface area contributed by atoms with E-state index in [1.807, 2.05) is 6.08 Å². The molecule has 1 heterocycles. The highest BCUT2D eigenvalue weighted by molar-refractivity contribution is 5.76. The Morgan fingerprint density at radius 3 is 1.02 bits per heavy atom. The van der Waals surface area contributed by atoms with Gasteiger partial charge >= 0.3 is 0 Å². The molecule has 1 saturated heterocycles. The largest absolute Gasteiger partial charge is 0.394 e. The Hall–Kier alpha value is -1.85. The lowest BCUT2D eigenvalue weighted by molar-refractivity contribution is -0.302. The number of nitrogens with one attached hydrogen (secondary N) is 1. The van der Waals surface area contributed by atoms with Crippen LogP contribution >= 0.6 is 0 Å². The van der Waals surface area contributed by atoms with Gasteiger partial charge in [0.15, 0.2) is 6.29 Å². The number of hydrogen-bond donors (Lipinski definition) is 6. The lowest BCUT2D eigenvalue weighted by Gasteiger charge is -2.40. The monoisotopic (exact) mass is 1240 g/mol. The van der Waals surface area contributed by atoms with E-state index in [1.165, 1.54) is 327 Å². The number of hydrogen-bond acceptors (Lipinski definition) is 8. The molecule has 1 rings (SSSR count). The van der Waals surface area contributed by atoms with E-state index in [4.69, 9.17) is 9.47 Å². The zero-order valence-corrected chi connectivity index (χ0v) is 58.3. The van der Waals surface area contributed by atoms with E-state index in [1.54, 1.807) is 6.08 Å². The first-order valence-electron chi connectivity index (χ1n) is 38.9. The zero-order valence-electron chi connectivity index (χ0n) is 58.3. The highest BCUT2D eigenvalue weighted by Crippen LogP contribution is 2.24. The Morgan fingerprint density at radius 1 is 0.386 bits per heavy atom. The van der Waals surface area contributed by atoms with Crippen LogP contribution < -0.4 is 5.32 Å². The third kappa shape index (κ3) is 55.8. The smallest absolute Gasteiger partial charge is 0.220 e. The van der Waals surface area contributed by atoms with Crippen LogP contribution in [0.3, 0.4) is 0 Å². The van der Waals surface area contributed by atoms with E-state index >= 15 is 0 Å². The lowest BCUT2D eigenvalue weighted by Crippen LogP contribution is -2.60. The second-order valence-corrected chi connectivity index (χ2v) is 27.1. The molecule has 7 atom stereocenters. The van der Waals surface area contributed by atoms with Crippen LogP contribution in [0.1, 0.15) is 393 Å². The van der Waals surface area contributed by atoms with Crippen molar-refractivity contribution in [3.05, 3.63) is 48.6 Å². The average molecular weight is 1240 g/mol. The molecule has 1 fully saturated rings. The van der Waals surface area contributed by atoms with E-state index in [-0.39, 0.29) is 12.5 Å². The molecule has 9 nitrogen and oxygen atoms in total. The molecule has 0 bridgehead atoms. The van der Waals surface area contributed by atoms with Crippen molar-refractivity contribution in [2.24, 2.45) is 0 Å². The summed E-state index contributed by atoms with van der Waals surface area (Å²) >= 11 is 0. The van der Waals surface area contributed by atoms with Gasteiger partial charge in [-0.05, 0) is 64.2 Å². The summed E-state index contributed by atoms with van der Waals surface area (Å²) in [5, 5.41) is 54.8. The molecule has 1 amide bonds. The molecule has 0 radical (unpaired) electrons. The van der Waals surface area contributed by atoms with Crippen LogP contribution in [-0.4, -0.2) is 87.5 Å². The Morgan fingerprint density at radius 2 is 0.682 bits per heavy atom. The minimum absolute atomic E-state index is 0.178. The molecule has 1 aliphatic rings. The fraction of sp³-hybridized carbons (Fsp3) is 0.886. The molecule has 518 valence electrons. The van der Waals surface area contributed by atoms with Crippen LogP contribution in [0.25, 0.3) is 0 Å². The first kappa shape index (κ1) is 84.2. The van der Waals surface area contributed by atoms with Gasteiger partial charge in [-0.2, -0.15) is 0 Å². The summed E-state index contributed by atoms with van der Waals surface area (Å²) in [7, 11) is 0. The van der Waals surface area contributed by atoms with E-state index in [0.29, 0.717) is 6.42 Å². The predicted molar refractivity (Wildman–Crippen MR) is 378 cm³/mol. The van der Waals surface area contributed by atoms with Gasteiger partial charge in [0, 0.05) is 6.42 Å². The Kier molecular flexibility index (Phi) is 65.1. The van der Waals surface area contributed by atoms with Gasteiger partial charge in [-0.15, -0.1) is 0 Å². The summed E-state index contributed by atoms with van der Waals surface area (Å²) in [6, 6.07) is -0.823. The molecule has 0 spiro atoms. The second-order valence-electron chi connectivity index (χ2n) is 27.1. The number of aliphatic hydroxyl groups excluding tert-OH is 5. The molecule has 1 aliphatic heterocycles. The van der Waals surface area contributed by atoms with Crippen molar-refractivity contribution in [2.45, 2.75) is 436 Å². The predicted octanol–water partition coefficient (Wildman–Crippen LogP) is 21.9. The van der Waals surface area contributed by atoms with Gasteiger partial charge in [-0.25, -0.2) is 0 Å². The average Bonchev–Trinajstić information content (AvgIpc) is 3.29. The van der Waals surface area contributed by atoms with E-state index in [2.05, 4.69) is 55.6 Å². The Balaban J connectivity index is 2.08. The molecular weight excluding hydrogens is 1090 g/mol. The van der Waals surface area contributed by atoms with Gasteiger partial charge in [0.1, 0.15) is 24.4 Å². The molecule has 88 heavy (non-hydrogen) atoms. The third-order valence-electron chi connectivity index (χ3n) is 18.6. The van der Waals surface area contributed by atoms with Crippen molar-refractivity contribution >= 4 is 5.91 Å². The van der Waals surface area contributed by atoms with Gasteiger partial charge < -0.3 is 40.3 Å². The van der Waals surface area contributed by atoms with Crippen LogP contribution in [0.15, 0.2) is 48.6 Å². The van der Waals surface area contributed by atoms with Gasteiger partial charge in [0.05, 0.1) is 25.4 Å². The maximum Gasteiger partial charge on any atom is 0.220 e. The molecule has 0 aliphatic carbocycles. The van der Waals surface area contributed by atoms with Crippen LogP contribution in [0.4, 0.5) is 0 Å². The van der Waals surface area contributed by atoms with Crippen molar-refractivity contribution in [1.29, 1.82) is 0 Å². The van der Waals surface area contributed by atoms with Crippen LogP contribution in [0, 0.1) is 0 Å². The topological polar surface area (TPSA) is 149 Å². The minimum atomic E-state index is -1.57. The maximum atomic E-state index is 13.2. The molecule has 6 N–H and O–H groups in total. The summed E-state index contributed by atoms with van der Waals surface area (Å²) in [5.74, 6) is -0.178. The van der Waals surface area contributed by atoms with Gasteiger partial charge in [-0.3, -0.25) is 4.79 Å². The second kappa shape index (κ2) is 68.0. The number of rotatable bonds is 69. The molecule has 0 saturated carbocycles. The molecular formula is C79H149NO8. The number of unbranched alkanes of at least 4 members (excludes halogenated alkanes) is 53. The third-order valence-corrected chi connectivity index (χ3v) is 18.6. The normalized spacial score (nSPS) is 18.1. The highest BCUT2D eigenvalue weighted by atomic mass is 16.7. The fourth-order valence-corrected chi connectivity index (χ4v) is 12.6. The van der Waals surface area contributed by atoms with E-state index < -0.39 is 49.5 Å². The van der Waals surface area contributed by atoms with E-state index in [0.717, 1.165) is 44.9 Å². The Bertz CT molecular complexity index is 1530. The molecule has 9 heteroatoms. The minimum Gasteiger partial charge on any atom is -0.394 e. The zero-order chi connectivity index (χ0) is 63.5. The molecule has 7 unspecified atom stereocenters. The number of amides is 1. The maximum absolute atomic E-state index is 13.2. The summed E-state index contributed by atoms with van der Waals surface area (Å²) < 4.78 is 11.3. The summed E-state index contributed by atoms with van der Waals surface area (Å²) in [5.41, 5.74) is 0. The molecule has 0 aromatic rings. The number of carbonyl (C=O) groups is 1. The SMILES string of the molecule is CCCCCCC/C=C\C/C=C\CCCCCCCCCCCCCCCCCCCCCCCCCCCC(=O)NC(COC1OC(CO)C(O)C(O)C1O)C(O)/C=C/CC/C=C/CCCCCCCCCCCCCCCCCCCCCCCC. The molecule has 0 aromatic heterocycles. The first-order chi connectivity index (χ1) is 43.3. The number of ether oxygens (including phenoxy) is 2. The summed E-state index contributed by atoms with van der Waals surface area (Å²) in [6.07, 6.45) is 86.9. The van der Waals surface area contributed by atoms with Crippen molar-refractivity contribution in [3.63, 3.8) is 0 Å². The van der Waals surface area contributed by atoms with E-state index in [9.17, 15) is 30.3 Å². The standard InChI is InChI=1S/C79H149NO8/c1-3-5-7-9-11-13-15-17-19-21-23-25-27-29-31-33-34-35-36-37-38-39-40-41-43-45-47-49-51-53-55-57-59-61-63-65-67-69-75(83)80-72(71-87-79-78(86)77(85)76(84)74(70-81)88-79)73(82)68-66-64-62-60-58-56-54-52-50-48-46-44-42-32-30-28-26-24-22-20-18-16-14-12-10-8-6-4-2/h15,17,21,23,58,60,66,68,72-74,76-79,81-82,84-86H,3-14,16,18-20,22,24-57,59,61-65,67,69-71H2,1-2H3,(H,80,83)/b17-15-,23-21-,60-58+,68-66+. The highest BCUT2D eigenvalue weighted by Gasteiger charge is 2.44. The van der Waals surface area contributed by atoms with Crippen molar-refractivity contribution in [1.82, 2.24) is 5.32 Å². The van der Waals surface area contributed by atoms with Gasteiger partial charge in [0.25, 0.3) is 0 Å². The van der Waals surface area contributed by atoms with Crippen LogP contribution in [-0.2, 0) is 14.3 Å². The number of aliphatic hydroxyl groups is 5. The Labute approximate surface area is 545 Å². The lowest BCUT2D eigenvalue weighted by atomic mass is 9.99. The quantitative estimate of drug-likeness (QED) is 0.0261. The number of allylic oxidation sites excluding steroid dienone is 7. The van der Waals surface area contributed by atoms with Crippen LogP contribution in [0.2, 0.25) is 0 Å². The fourth-order valence-electron chi connectivity index (χ4n) is 12.6. The summed E-state index contributed by atoms with van der Waals surface area (Å²) in [6.45, 7) is 3.81. The van der Waals surface area contributed by atoms with Gasteiger partial charge in [0.2, 0.25) is 5.91 Å².